The van der Waals surface area contributed by atoms with Gasteiger partial charge in [0, 0.05) is 6.42 Å². The molecule has 0 unspecified atom stereocenters. The summed E-state index contributed by atoms with van der Waals surface area (Å²) in [5.41, 5.74) is 1.09. The largest absolute Gasteiger partial charge is 0.507 e. The van der Waals surface area contributed by atoms with Gasteiger partial charge in [-0.15, -0.1) is 0 Å². The number of phenolic OH excluding ortho intramolecular Hbond substituents is 1. The molecule has 0 aliphatic heterocycles. The number of anilines is 1. The van der Waals surface area contributed by atoms with Crippen molar-refractivity contribution in [2.45, 2.75) is 13.3 Å². The van der Waals surface area contributed by atoms with Gasteiger partial charge >= 0.3 is 0 Å². The predicted octanol–water partition coefficient (Wildman–Crippen LogP) is 2.14. The zero-order chi connectivity index (χ0) is 15.2. The number of phenols is 1. The van der Waals surface area contributed by atoms with E-state index in [9.17, 15) is 9.90 Å². The van der Waals surface area contributed by atoms with Gasteiger partial charge < -0.3 is 10.2 Å². The molecule has 5 nitrogen and oxygen atoms in total. The Morgan fingerprint density at radius 2 is 2.29 bits per heavy atom. The quantitative estimate of drug-likeness (QED) is 0.759. The number of amides is 1. The molecule has 6 heteroatoms. The molecule has 108 valence electrons. The molecule has 0 fully saturated rings. The van der Waals surface area contributed by atoms with Gasteiger partial charge in [0.25, 0.3) is 5.91 Å². The molecule has 0 bridgehead atoms. The first-order chi connectivity index (χ1) is 10.1. The average molecular weight is 302 g/mol. The van der Waals surface area contributed by atoms with Crippen LogP contribution in [-0.2, 0) is 0 Å². The Kier molecular flexibility index (Phi) is 4.93. The fraction of sp³-hybridized carbons (Fsp3) is 0.200. The zero-order valence-electron chi connectivity index (χ0n) is 11.4. The first kappa shape index (κ1) is 15.0. The fourth-order valence-electron chi connectivity index (χ4n) is 1.59. The Labute approximate surface area is 126 Å². The highest BCUT2D eigenvalue weighted by atomic mass is 32.1. The molecule has 0 spiro atoms. The second-order valence-electron chi connectivity index (χ2n) is 4.28. The van der Waals surface area contributed by atoms with E-state index >= 15 is 0 Å². The predicted molar refractivity (Wildman–Crippen MR) is 81.5 cm³/mol. The summed E-state index contributed by atoms with van der Waals surface area (Å²) in [6.45, 7) is 1.86. The van der Waals surface area contributed by atoms with Crippen LogP contribution in [0.5, 0.6) is 5.75 Å². The smallest absolute Gasteiger partial charge is 0.261 e. The van der Waals surface area contributed by atoms with E-state index in [4.69, 9.17) is 5.11 Å². The van der Waals surface area contributed by atoms with Crippen molar-refractivity contribution < 1.29 is 15.0 Å². The van der Waals surface area contributed by atoms with Crippen molar-refractivity contribution in [3.8, 4) is 17.6 Å². The van der Waals surface area contributed by atoms with Gasteiger partial charge in [-0.2, -0.15) is 0 Å². The lowest BCUT2D eigenvalue weighted by Crippen LogP contribution is -2.12. The van der Waals surface area contributed by atoms with Crippen LogP contribution < -0.4 is 5.32 Å². The van der Waals surface area contributed by atoms with Crippen molar-refractivity contribution in [3.63, 3.8) is 0 Å². The molecule has 1 heterocycles. The molecular formula is C15H14N2O3S. The molecule has 3 N–H and O–H groups in total. The standard InChI is InChI=1S/C15H14N2O3S/c1-10-5-6-13(19)12(8-10)14(20)17-15-16-9-11(21-15)4-2-3-7-18/h5-6,8-9,18-19H,3,7H2,1H3,(H,16,17,20). The minimum atomic E-state index is -0.416. The summed E-state index contributed by atoms with van der Waals surface area (Å²) in [5.74, 6) is 5.14. The van der Waals surface area contributed by atoms with Crippen molar-refractivity contribution in [2.75, 3.05) is 11.9 Å². The van der Waals surface area contributed by atoms with Gasteiger partial charge in [-0.25, -0.2) is 4.98 Å². The van der Waals surface area contributed by atoms with Gasteiger partial charge in [-0.1, -0.05) is 34.8 Å². The number of carbonyl (C=O) groups is 1. The highest BCUT2D eigenvalue weighted by molar-refractivity contribution is 7.16. The van der Waals surface area contributed by atoms with Gasteiger partial charge in [0.15, 0.2) is 5.13 Å². The number of nitrogens with one attached hydrogen (secondary N) is 1. The molecule has 1 amide bonds. The fourth-order valence-corrected chi connectivity index (χ4v) is 2.28. The molecule has 1 aromatic heterocycles. The van der Waals surface area contributed by atoms with Crippen LogP contribution in [0.15, 0.2) is 24.4 Å². The van der Waals surface area contributed by atoms with E-state index in [2.05, 4.69) is 22.1 Å². The Morgan fingerprint density at radius 1 is 1.48 bits per heavy atom. The maximum atomic E-state index is 12.1. The lowest BCUT2D eigenvalue weighted by Gasteiger charge is -2.05. The number of nitrogens with zero attached hydrogens (tertiary/aromatic N) is 1. The minimum absolute atomic E-state index is 0.0159. The molecular weight excluding hydrogens is 288 g/mol. The van der Waals surface area contributed by atoms with Gasteiger partial charge in [0.2, 0.25) is 0 Å². The van der Waals surface area contributed by atoms with Crippen LogP contribution in [0.4, 0.5) is 5.13 Å². The molecule has 0 aliphatic carbocycles. The Morgan fingerprint density at radius 3 is 3.05 bits per heavy atom. The monoisotopic (exact) mass is 302 g/mol. The highest BCUT2D eigenvalue weighted by Crippen LogP contribution is 2.22. The van der Waals surface area contributed by atoms with Crippen LogP contribution in [-0.4, -0.2) is 27.7 Å². The number of aliphatic hydroxyl groups is 1. The van der Waals surface area contributed by atoms with E-state index in [1.165, 1.54) is 17.4 Å². The third kappa shape index (κ3) is 4.05. The second kappa shape index (κ2) is 6.88. The summed E-state index contributed by atoms with van der Waals surface area (Å²) in [6.07, 6.45) is 1.96. The van der Waals surface area contributed by atoms with E-state index in [1.807, 2.05) is 6.92 Å². The summed E-state index contributed by atoms with van der Waals surface area (Å²) in [5, 5.41) is 21.4. The topological polar surface area (TPSA) is 82.5 Å². The average Bonchev–Trinajstić information content (AvgIpc) is 2.89. The number of aryl methyl sites for hydroxylation is 1. The van der Waals surface area contributed by atoms with Crippen molar-refractivity contribution in [1.29, 1.82) is 0 Å². The third-order valence-corrected chi connectivity index (χ3v) is 3.40. The van der Waals surface area contributed by atoms with E-state index < -0.39 is 5.91 Å². The molecule has 0 radical (unpaired) electrons. The maximum Gasteiger partial charge on any atom is 0.261 e. The van der Waals surface area contributed by atoms with E-state index in [1.54, 1.807) is 18.3 Å². The maximum absolute atomic E-state index is 12.1. The van der Waals surface area contributed by atoms with Crippen molar-refractivity contribution in [1.82, 2.24) is 4.98 Å². The van der Waals surface area contributed by atoms with Gasteiger partial charge in [-0.05, 0) is 19.1 Å². The Balaban J connectivity index is 2.10. The summed E-state index contributed by atoms with van der Waals surface area (Å²) >= 11 is 1.24. The van der Waals surface area contributed by atoms with Gasteiger partial charge in [0.05, 0.1) is 23.2 Å². The van der Waals surface area contributed by atoms with Crippen LogP contribution in [0, 0.1) is 18.8 Å². The number of hydrogen-bond acceptors (Lipinski definition) is 5. The number of aromatic hydroxyl groups is 1. The second-order valence-corrected chi connectivity index (χ2v) is 5.31. The van der Waals surface area contributed by atoms with E-state index in [0.717, 1.165) is 5.56 Å². The lowest BCUT2D eigenvalue weighted by atomic mass is 10.1. The molecule has 2 aromatic rings. The first-order valence-corrected chi connectivity index (χ1v) is 7.08. The first-order valence-electron chi connectivity index (χ1n) is 6.26. The van der Waals surface area contributed by atoms with E-state index in [-0.39, 0.29) is 17.9 Å². The van der Waals surface area contributed by atoms with Gasteiger partial charge in [-0.3, -0.25) is 10.1 Å². The molecule has 21 heavy (non-hydrogen) atoms. The number of hydrogen-bond donors (Lipinski definition) is 3. The number of aromatic nitrogens is 1. The zero-order valence-corrected chi connectivity index (χ0v) is 12.2. The van der Waals surface area contributed by atoms with Crippen LogP contribution in [0.3, 0.4) is 0 Å². The van der Waals surface area contributed by atoms with Crippen LogP contribution in [0.1, 0.15) is 27.2 Å². The van der Waals surface area contributed by atoms with Crippen LogP contribution in [0.2, 0.25) is 0 Å². The number of carbonyl (C=O) groups excluding carboxylic acids is 1. The number of aliphatic hydroxyl groups excluding tert-OH is 1. The molecule has 0 atom stereocenters. The number of benzene rings is 1. The normalized spacial score (nSPS) is 9.81. The van der Waals surface area contributed by atoms with Gasteiger partial charge in [0.1, 0.15) is 5.75 Å². The lowest BCUT2D eigenvalue weighted by molar-refractivity contribution is 0.102. The molecule has 0 saturated carbocycles. The number of rotatable bonds is 3. The summed E-state index contributed by atoms with van der Waals surface area (Å²) < 4.78 is 0. The van der Waals surface area contributed by atoms with Crippen molar-refractivity contribution in [3.05, 3.63) is 40.4 Å². The van der Waals surface area contributed by atoms with Crippen LogP contribution >= 0.6 is 11.3 Å². The third-order valence-electron chi connectivity index (χ3n) is 2.57. The van der Waals surface area contributed by atoms with Crippen LogP contribution in [0.25, 0.3) is 0 Å². The molecule has 0 saturated heterocycles. The summed E-state index contributed by atoms with van der Waals surface area (Å²) in [4.78, 5) is 16.8. The van der Waals surface area contributed by atoms with Crippen molar-refractivity contribution in [2.24, 2.45) is 0 Å². The highest BCUT2D eigenvalue weighted by Gasteiger charge is 2.13. The Bertz CT molecular complexity index is 713. The summed E-state index contributed by atoms with van der Waals surface area (Å²) in [6, 6.07) is 4.82. The van der Waals surface area contributed by atoms with Crippen molar-refractivity contribution >= 4 is 22.4 Å². The minimum Gasteiger partial charge on any atom is -0.507 e. The number of thiazole rings is 1. The molecule has 1 aromatic carbocycles. The SMILES string of the molecule is Cc1ccc(O)c(C(=O)Nc2ncc(C#CCCO)s2)c1. The molecule has 2 rings (SSSR count). The molecule has 0 aliphatic rings. The summed E-state index contributed by atoms with van der Waals surface area (Å²) in [7, 11) is 0. The van der Waals surface area contributed by atoms with E-state index in [0.29, 0.717) is 16.4 Å². The Hall–Kier alpha value is -2.36.